The van der Waals surface area contributed by atoms with Crippen molar-refractivity contribution in [1.82, 2.24) is 0 Å². The van der Waals surface area contributed by atoms with Gasteiger partial charge in [0.15, 0.2) is 0 Å². The van der Waals surface area contributed by atoms with Crippen LogP contribution in [0.4, 0.5) is 0 Å². The van der Waals surface area contributed by atoms with Crippen molar-refractivity contribution in [1.29, 1.82) is 0 Å². The highest BCUT2D eigenvalue weighted by molar-refractivity contribution is 6.16. The Morgan fingerprint density at radius 2 is 0.569 bits per heavy atom. The molecule has 4 aromatic heterocycles. The van der Waals surface area contributed by atoms with Gasteiger partial charge in [-0.2, -0.15) is 0 Å². The van der Waals surface area contributed by atoms with E-state index in [0.29, 0.717) is 11.8 Å². The summed E-state index contributed by atoms with van der Waals surface area (Å²) in [6, 6.07) is 56.2. The summed E-state index contributed by atoms with van der Waals surface area (Å²) in [6.07, 6.45) is 4.60. The third kappa shape index (κ3) is 4.94. The SMILES string of the molecule is c1ccc(-c2ccc3oc4cc5c(cc4c3c2)oc2ccc(C3CCC(c4ccc6oc7cc8c(cc7c6c4)oc4ccc(-c6ccccc6)cc48)CC3)cc25)cc1. The van der Waals surface area contributed by atoms with Crippen LogP contribution < -0.4 is 0 Å². The summed E-state index contributed by atoms with van der Waals surface area (Å²) in [4.78, 5) is 0. The second-order valence-corrected chi connectivity index (χ2v) is 16.3. The molecule has 1 saturated carbocycles. The average molecular weight is 749 g/mol. The van der Waals surface area contributed by atoms with Crippen molar-refractivity contribution in [2.45, 2.75) is 37.5 Å². The summed E-state index contributed by atoms with van der Waals surface area (Å²) < 4.78 is 25.8. The minimum absolute atomic E-state index is 0.513. The van der Waals surface area contributed by atoms with Gasteiger partial charge in [-0.15, -0.1) is 0 Å². The van der Waals surface area contributed by atoms with Crippen LogP contribution in [0.2, 0.25) is 0 Å². The fraction of sp³-hybridized carbons (Fsp3) is 0.111. The van der Waals surface area contributed by atoms with E-state index in [1.54, 1.807) is 0 Å². The van der Waals surface area contributed by atoms with Gasteiger partial charge in [-0.1, -0.05) is 84.9 Å². The minimum Gasteiger partial charge on any atom is -0.456 e. The molecule has 0 N–H and O–H groups in total. The number of fused-ring (bicyclic) bond motifs is 12. The van der Waals surface area contributed by atoms with E-state index in [4.69, 9.17) is 17.7 Å². The molecule has 0 amide bonds. The van der Waals surface area contributed by atoms with E-state index in [1.807, 2.05) is 0 Å². The lowest BCUT2D eigenvalue weighted by molar-refractivity contribution is 0.396. The second-order valence-electron chi connectivity index (χ2n) is 16.3. The Kier molecular flexibility index (Phi) is 6.77. The maximum atomic E-state index is 6.47. The topological polar surface area (TPSA) is 52.6 Å². The first-order valence-electron chi connectivity index (χ1n) is 20.4. The molecule has 4 heterocycles. The van der Waals surface area contributed by atoms with Crippen molar-refractivity contribution in [3.05, 3.63) is 169 Å². The molecule has 0 bridgehead atoms. The molecule has 4 nitrogen and oxygen atoms in total. The average Bonchev–Trinajstić information content (AvgIpc) is 4.04. The molecule has 12 aromatic rings. The van der Waals surface area contributed by atoms with Gasteiger partial charge in [0.2, 0.25) is 0 Å². The van der Waals surface area contributed by atoms with E-state index in [1.165, 1.54) is 33.4 Å². The molecule has 1 fully saturated rings. The van der Waals surface area contributed by atoms with E-state index >= 15 is 0 Å². The molecule has 0 aliphatic heterocycles. The maximum Gasteiger partial charge on any atom is 0.136 e. The molecule has 276 valence electrons. The third-order valence-corrected chi connectivity index (χ3v) is 13.1. The molecule has 1 aliphatic carbocycles. The van der Waals surface area contributed by atoms with E-state index < -0.39 is 0 Å². The fourth-order valence-electron chi connectivity index (χ4n) is 10.0. The molecule has 0 spiro atoms. The molecule has 0 atom stereocenters. The van der Waals surface area contributed by atoms with Crippen LogP contribution in [-0.2, 0) is 0 Å². The monoisotopic (exact) mass is 748 g/mol. The predicted octanol–water partition coefficient (Wildman–Crippen LogP) is 16.1. The Morgan fingerprint density at radius 1 is 0.259 bits per heavy atom. The number of furan rings is 4. The summed E-state index contributed by atoms with van der Waals surface area (Å²) in [5.74, 6) is 1.03. The van der Waals surface area contributed by atoms with Crippen molar-refractivity contribution in [2.75, 3.05) is 0 Å². The van der Waals surface area contributed by atoms with Crippen molar-refractivity contribution < 1.29 is 17.7 Å². The first-order chi connectivity index (χ1) is 28.7. The highest BCUT2D eigenvalue weighted by Gasteiger charge is 2.26. The quantitative estimate of drug-likeness (QED) is 0.180. The van der Waals surface area contributed by atoms with Gasteiger partial charge in [0.05, 0.1) is 0 Å². The lowest BCUT2D eigenvalue weighted by Crippen LogP contribution is -2.12. The maximum absolute atomic E-state index is 6.47. The highest BCUT2D eigenvalue weighted by atomic mass is 16.3. The van der Waals surface area contributed by atoms with Gasteiger partial charge in [-0.25, -0.2) is 0 Å². The molecule has 1 aliphatic rings. The van der Waals surface area contributed by atoms with Crippen LogP contribution in [-0.4, -0.2) is 0 Å². The molecular weight excluding hydrogens is 713 g/mol. The van der Waals surface area contributed by atoms with Crippen LogP contribution in [0.5, 0.6) is 0 Å². The number of hydrogen-bond acceptors (Lipinski definition) is 4. The molecule has 58 heavy (non-hydrogen) atoms. The summed E-state index contributed by atoms with van der Waals surface area (Å²) in [5, 5.41) is 8.93. The standard InChI is InChI=1S/C54H36O4/c1-3-7-31(8-4-1)35-15-19-47-39(23-35)43-27-53-45(29-51(43)55-47)41-25-37(17-21-49(41)57-53)33-11-13-34(14-12-33)38-18-22-50-42(26-38)46-30-52-44(28-54(46)58-50)40-24-36(16-20-48(40)56-52)32-9-5-2-6-10-32/h1-10,15-30,33-34H,11-14H2. The first-order valence-corrected chi connectivity index (χ1v) is 20.4. The molecule has 4 heteroatoms. The number of benzene rings is 8. The van der Waals surface area contributed by atoms with E-state index in [9.17, 15) is 0 Å². The summed E-state index contributed by atoms with van der Waals surface area (Å²) in [7, 11) is 0. The smallest absolute Gasteiger partial charge is 0.136 e. The van der Waals surface area contributed by atoms with Gasteiger partial charge in [-0.05, 0) is 144 Å². The van der Waals surface area contributed by atoms with E-state index in [2.05, 4.69) is 158 Å². The van der Waals surface area contributed by atoms with Crippen LogP contribution in [0.3, 0.4) is 0 Å². The fourth-order valence-corrected chi connectivity index (χ4v) is 10.0. The molecule has 0 radical (unpaired) electrons. The van der Waals surface area contributed by atoms with Crippen LogP contribution >= 0.6 is 0 Å². The normalized spacial score (nSPS) is 16.3. The van der Waals surface area contributed by atoms with Gasteiger partial charge < -0.3 is 17.7 Å². The molecule has 0 unspecified atom stereocenters. The molecule has 8 aromatic carbocycles. The highest BCUT2D eigenvalue weighted by Crippen LogP contribution is 2.45. The van der Waals surface area contributed by atoms with Gasteiger partial charge in [0, 0.05) is 43.1 Å². The van der Waals surface area contributed by atoms with E-state index in [-0.39, 0.29) is 0 Å². The lowest BCUT2D eigenvalue weighted by atomic mass is 9.76. The third-order valence-electron chi connectivity index (χ3n) is 13.1. The van der Waals surface area contributed by atoms with Crippen LogP contribution in [0.1, 0.15) is 48.6 Å². The lowest BCUT2D eigenvalue weighted by Gasteiger charge is -2.29. The van der Waals surface area contributed by atoms with Gasteiger partial charge in [0.25, 0.3) is 0 Å². The van der Waals surface area contributed by atoms with Gasteiger partial charge >= 0.3 is 0 Å². The van der Waals surface area contributed by atoms with Gasteiger partial charge in [0.1, 0.15) is 44.7 Å². The Bertz CT molecular complexity index is 3330. The van der Waals surface area contributed by atoms with Crippen molar-refractivity contribution in [3.63, 3.8) is 0 Å². The van der Waals surface area contributed by atoms with E-state index in [0.717, 1.165) is 113 Å². The zero-order valence-corrected chi connectivity index (χ0v) is 31.6. The predicted molar refractivity (Wildman–Crippen MR) is 237 cm³/mol. The Balaban J connectivity index is 0.784. The molecule has 13 rings (SSSR count). The summed E-state index contributed by atoms with van der Waals surface area (Å²) in [6.45, 7) is 0. The Hall–Kier alpha value is -7.04. The molecular formula is C54H36O4. The summed E-state index contributed by atoms with van der Waals surface area (Å²) >= 11 is 0. The van der Waals surface area contributed by atoms with Gasteiger partial charge in [-0.3, -0.25) is 0 Å². The van der Waals surface area contributed by atoms with Crippen LogP contribution in [0, 0.1) is 0 Å². The zero-order valence-electron chi connectivity index (χ0n) is 31.6. The first kappa shape index (κ1) is 32.1. The minimum atomic E-state index is 0.513. The van der Waals surface area contributed by atoms with Crippen molar-refractivity contribution in [3.8, 4) is 22.3 Å². The van der Waals surface area contributed by atoms with Crippen molar-refractivity contribution in [2.24, 2.45) is 0 Å². The summed E-state index contributed by atoms with van der Waals surface area (Å²) in [5.41, 5.74) is 14.8. The molecule has 0 saturated heterocycles. The van der Waals surface area contributed by atoms with Crippen LogP contribution in [0.25, 0.3) is 110 Å². The number of hydrogen-bond donors (Lipinski definition) is 0. The zero-order chi connectivity index (χ0) is 37.9. The van der Waals surface area contributed by atoms with Crippen molar-refractivity contribution >= 4 is 87.8 Å². The Morgan fingerprint density at radius 3 is 0.931 bits per heavy atom. The second kappa shape index (κ2) is 12.2. The Labute approximate surface area is 332 Å². The van der Waals surface area contributed by atoms with Crippen LogP contribution in [0.15, 0.2) is 175 Å². The largest absolute Gasteiger partial charge is 0.456 e. The number of rotatable bonds is 4.